The number of aryl methyl sites for hydroxylation is 1. The molecule has 2 heteroatoms. The fourth-order valence-corrected chi connectivity index (χ4v) is 3.97. The van der Waals surface area contributed by atoms with Crippen LogP contribution in [-0.2, 0) is 12.8 Å². The lowest BCUT2D eigenvalue weighted by Gasteiger charge is -2.13. The van der Waals surface area contributed by atoms with E-state index in [2.05, 4.69) is 61.5 Å². The number of ether oxygens (including phenoxy) is 2. The summed E-state index contributed by atoms with van der Waals surface area (Å²) in [6.07, 6.45) is 1.94. The number of methoxy groups -OCH3 is 2. The van der Waals surface area contributed by atoms with Crippen molar-refractivity contribution in [1.82, 2.24) is 0 Å². The van der Waals surface area contributed by atoms with Gasteiger partial charge >= 0.3 is 0 Å². The molecule has 0 radical (unpaired) electrons. The van der Waals surface area contributed by atoms with Crippen LogP contribution in [0.15, 0.2) is 66.7 Å². The highest BCUT2D eigenvalue weighted by atomic mass is 16.5. The van der Waals surface area contributed by atoms with Crippen molar-refractivity contribution >= 4 is 11.1 Å². The molecule has 0 aliphatic heterocycles. The minimum atomic E-state index is 0.882. The second-order valence-electron chi connectivity index (χ2n) is 6.79. The number of benzene rings is 3. The molecule has 0 saturated carbocycles. The molecule has 0 amide bonds. The van der Waals surface area contributed by atoms with Gasteiger partial charge in [0.1, 0.15) is 11.5 Å². The van der Waals surface area contributed by atoms with Crippen LogP contribution in [0.5, 0.6) is 11.5 Å². The average Bonchev–Trinajstić information content (AvgIpc) is 3.13. The van der Waals surface area contributed by atoms with Gasteiger partial charge in [-0.2, -0.15) is 0 Å². The molecular formula is C25H24O2. The van der Waals surface area contributed by atoms with E-state index in [0.717, 1.165) is 24.3 Å². The molecule has 1 aliphatic rings. The maximum Gasteiger partial charge on any atom is 0.119 e. The van der Waals surface area contributed by atoms with Crippen LogP contribution in [0.1, 0.15) is 34.7 Å². The van der Waals surface area contributed by atoms with E-state index in [-0.39, 0.29) is 0 Å². The highest BCUT2D eigenvalue weighted by Crippen LogP contribution is 2.45. The van der Waals surface area contributed by atoms with Gasteiger partial charge in [-0.25, -0.2) is 0 Å². The predicted molar refractivity (Wildman–Crippen MR) is 111 cm³/mol. The van der Waals surface area contributed by atoms with Crippen LogP contribution in [0.25, 0.3) is 11.1 Å². The SMILES string of the molecule is CCc1cc(OC)cc2c1CC(c1ccc(OC)cc1)=C2c1ccccc1. The van der Waals surface area contributed by atoms with Crippen molar-refractivity contribution < 1.29 is 9.47 Å². The molecule has 0 heterocycles. The summed E-state index contributed by atoms with van der Waals surface area (Å²) in [6.45, 7) is 2.21. The van der Waals surface area contributed by atoms with Crippen molar-refractivity contribution in [2.75, 3.05) is 14.2 Å². The monoisotopic (exact) mass is 356 g/mol. The summed E-state index contributed by atoms with van der Waals surface area (Å²) < 4.78 is 10.9. The van der Waals surface area contributed by atoms with E-state index >= 15 is 0 Å². The number of rotatable bonds is 5. The third-order valence-electron chi connectivity index (χ3n) is 5.36. The Balaban J connectivity index is 1.95. The van der Waals surface area contributed by atoms with Crippen LogP contribution in [0.4, 0.5) is 0 Å². The highest BCUT2D eigenvalue weighted by Gasteiger charge is 2.26. The van der Waals surface area contributed by atoms with E-state index in [4.69, 9.17) is 9.47 Å². The fourth-order valence-electron chi connectivity index (χ4n) is 3.97. The Hall–Kier alpha value is -3.00. The number of hydrogen-bond acceptors (Lipinski definition) is 2. The largest absolute Gasteiger partial charge is 0.497 e. The predicted octanol–water partition coefficient (Wildman–Crippen LogP) is 5.78. The molecule has 0 aromatic heterocycles. The van der Waals surface area contributed by atoms with Crippen LogP contribution in [-0.4, -0.2) is 14.2 Å². The summed E-state index contributed by atoms with van der Waals surface area (Å²) in [7, 11) is 3.45. The molecule has 3 aromatic carbocycles. The van der Waals surface area contributed by atoms with Gasteiger partial charge in [0.15, 0.2) is 0 Å². The third-order valence-corrected chi connectivity index (χ3v) is 5.36. The zero-order valence-electron chi connectivity index (χ0n) is 16.1. The molecule has 1 aliphatic carbocycles. The van der Waals surface area contributed by atoms with Crippen LogP contribution < -0.4 is 9.47 Å². The lowest BCUT2D eigenvalue weighted by molar-refractivity contribution is 0.414. The molecule has 0 saturated heterocycles. The highest BCUT2D eigenvalue weighted by molar-refractivity contribution is 6.04. The maximum atomic E-state index is 5.60. The second-order valence-corrected chi connectivity index (χ2v) is 6.79. The van der Waals surface area contributed by atoms with E-state index in [1.165, 1.54) is 39.0 Å². The van der Waals surface area contributed by atoms with Crippen molar-refractivity contribution in [3.63, 3.8) is 0 Å². The van der Waals surface area contributed by atoms with Gasteiger partial charge in [0.25, 0.3) is 0 Å². The molecule has 0 fully saturated rings. The first-order valence-corrected chi connectivity index (χ1v) is 9.38. The molecule has 136 valence electrons. The molecule has 4 rings (SSSR count). The van der Waals surface area contributed by atoms with Gasteiger partial charge in [-0.15, -0.1) is 0 Å². The Kier molecular flexibility index (Phi) is 4.72. The molecule has 0 spiro atoms. The topological polar surface area (TPSA) is 18.5 Å². The van der Waals surface area contributed by atoms with Gasteiger partial charge in [-0.05, 0) is 76.1 Å². The van der Waals surface area contributed by atoms with E-state index in [9.17, 15) is 0 Å². The Morgan fingerprint density at radius 1 is 0.778 bits per heavy atom. The standard InChI is InChI=1S/C25H24O2/c1-4-17-14-21(27-3)15-24-22(17)16-23(18-10-12-20(26-2)13-11-18)25(24)19-8-6-5-7-9-19/h5-15H,4,16H2,1-3H3. The first kappa shape index (κ1) is 17.4. The third kappa shape index (κ3) is 3.12. The zero-order chi connectivity index (χ0) is 18.8. The Morgan fingerprint density at radius 2 is 1.48 bits per heavy atom. The normalized spacial score (nSPS) is 12.9. The lowest BCUT2D eigenvalue weighted by Crippen LogP contribution is -1.96. The van der Waals surface area contributed by atoms with Crippen molar-refractivity contribution in [1.29, 1.82) is 0 Å². The summed E-state index contributed by atoms with van der Waals surface area (Å²) >= 11 is 0. The molecule has 0 N–H and O–H groups in total. The summed E-state index contributed by atoms with van der Waals surface area (Å²) in [5.74, 6) is 1.81. The number of fused-ring (bicyclic) bond motifs is 1. The van der Waals surface area contributed by atoms with E-state index in [1.807, 2.05) is 12.1 Å². The van der Waals surface area contributed by atoms with Gasteiger partial charge in [0, 0.05) is 0 Å². The van der Waals surface area contributed by atoms with E-state index in [1.54, 1.807) is 14.2 Å². The van der Waals surface area contributed by atoms with Crippen LogP contribution in [0, 0.1) is 0 Å². The first-order chi connectivity index (χ1) is 13.2. The van der Waals surface area contributed by atoms with Gasteiger partial charge in [0.05, 0.1) is 14.2 Å². The van der Waals surface area contributed by atoms with Crippen molar-refractivity contribution in [3.05, 3.63) is 94.5 Å². The average molecular weight is 356 g/mol. The minimum Gasteiger partial charge on any atom is -0.497 e. The van der Waals surface area contributed by atoms with Gasteiger partial charge in [-0.1, -0.05) is 49.4 Å². The van der Waals surface area contributed by atoms with E-state index in [0.29, 0.717) is 0 Å². The fraction of sp³-hybridized carbons (Fsp3) is 0.200. The number of hydrogen-bond donors (Lipinski definition) is 0. The van der Waals surface area contributed by atoms with Crippen molar-refractivity contribution in [2.24, 2.45) is 0 Å². The van der Waals surface area contributed by atoms with Crippen LogP contribution in [0.3, 0.4) is 0 Å². The summed E-state index contributed by atoms with van der Waals surface area (Å²) in [4.78, 5) is 0. The molecule has 2 nitrogen and oxygen atoms in total. The van der Waals surface area contributed by atoms with Crippen molar-refractivity contribution in [2.45, 2.75) is 19.8 Å². The summed E-state index contributed by atoms with van der Waals surface area (Å²) in [5.41, 5.74) is 9.24. The minimum absolute atomic E-state index is 0.882. The second kappa shape index (κ2) is 7.32. The Morgan fingerprint density at radius 3 is 2.11 bits per heavy atom. The van der Waals surface area contributed by atoms with Crippen LogP contribution in [0.2, 0.25) is 0 Å². The Bertz CT molecular complexity index is 983. The molecular weight excluding hydrogens is 332 g/mol. The number of allylic oxidation sites excluding steroid dienone is 1. The van der Waals surface area contributed by atoms with Gasteiger partial charge in [-0.3, -0.25) is 0 Å². The first-order valence-electron chi connectivity index (χ1n) is 9.38. The van der Waals surface area contributed by atoms with Crippen molar-refractivity contribution in [3.8, 4) is 11.5 Å². The molecule has 0 atom stereocenters. The maximum absolute atomic E-state index is 5.60. The quantitative estimate of drug-likeness (QED) is 0.577. The van der Waals surface area contributed by atoms with E-state index < -0.39 is 0 Å². The smallest absolute Gasteiger partial charge is 0.119 e. The zero-order valence-corrected chi connectivity index (χ0v) is 16.1. The molecule has 27 heavy (non-hydrogen) atoms. The van der Waals surface area contributed by atoms with Crippen LogP contribution >= 0.6 is 0 Å². The summed E-state index contributed by atoms with van der Waals surface area (Å²) in [6, 6.07) is 23.4. The molecule has 3 aromatic rings. The molecule has 0 bridgehead atoms. The lowest BCUT2D eigenvalue weighted by atomic mass is 9.93. The molecule has 0 unspecified atom stereocenters. The van der Waals surface area contributed by atoms with Gasteiger partial charge < -0.3 is 9.47 Å². The Labute approximate surface area is 161 Å². The summed E-state index contributed by atoms with van der Waals surface area (Å²) in [5, 5.41) is 0. The van der Waals surface area contributed by atoms with Gasteiger partial charge in [0.2, 0.25) is 0 Å².